The number of ether oxygens (including phenoxy) is 1. The van der Waals surface area contributed by atoms with Crippen molar-refractivity contribution in [2.24, 2.45) is 5.92 Å². The Balaban J connectivity index is 1.92. The van der Waals surface area contributed by atoms with Crippen molar-refractivity contribution in [3.63, 3.8) is 0 Å². The molecule has 3 heteroatoms. The molecule has 0 heterocycles. The van der Waals surface area contributed by atoms with Crippen molar-refractivity contribution in [3.05, 3.63) is 35.9 Å². The number of rotatable bonds is 4. The molecule has 0 radical (unpaired) electrons. The van der Waals surface area contributed by atoms with Gasteiger partial charge in [0, 0.05) is 12.3 Å². The molecule has 1 saturated carbocycles. The predicted octanol–water partition coefficient (Wildman–Crippen LogP) is 3.09. The van der Waals surface area contributed by atoms with Gasteiger partial charge in [0.25, 0.3) is 0 Å². The van der Waals surface area contributed by atoms with E-state index in [4.69, 9.17) is 4.74 Å². The molecule has 3 nitrogen and oxygen atoms in total. The van der Waals surface area contributed by atoms with Crippen molar-refractivity contribution in [1.29, 1.82) is 0 Å². The second kappa shape index (κ2) is 6.50. The van der Waals surface area contributed by atoms with Crippen LogP contribution in [0.25, 0.3) is 0 Å². The number of ketones is 1. The summed E-state index contributed by atoms with van der Waals surface area (Å²) in [6.07, 6.45) is 2.55. The molecule has 0 aromatic heterocycles. The fraction of sp³-hybridized carbons (Fsp3) is 0.500. The lowest BCUT2D eigenvalue weighted by Crippen LogP contribution is -2.26. The summed E-state index contributed by atoms with van der Waals surface area (Å²) in [7, 11) is 0. The molecule has 2 unspecified atom stereocenters. The molecule has 1 aliphatic carbocycles. The number of esters is 1. The Labute approximate surface area is 114 Å². The van der Waals surface area contributed by atoms with Gasteiger partial charge in [0.05, 0.1) is 13.0 Å². The summed E-state index contributed by atoms with van der Waals surface area (Å²) in [5, 5.41) is 0. The van der Waals surface area contributed by atoms with Gasteiger partial charge in [0.15, 0.2) is 0 Å². The summed E-state index contributed by atoms with van der Waals surface area (Å²) in [5.74, 6) is 0.123. The third kappa shape index (κ3) is 3.66. The Kier molecular flexibility index (Phi) is 4.72. The largest absolute Gasteiger partial charge is 0.466 e. The fourth-order valence-electron chi connectivity index (χ4n) is 2.72. The number of carbonyl (C=O) groups excluding carboxylic acids is 2. The summed E-state index contributed by atoms with van der Waals surface area (Å²) in [6.45, 7) is 2.17. The maximum atomic E-state index is 12.1. The molecule has 2 atom stereocenters. The van der Waals surface area contributed by atoms with Gasteiger partial charge >= 0.3 is 5.97 Å². The molecule has 1 aromatic carbocycles. The standard InChI is InChI=1S/C16H20O3/c1-2-19-16(18)11-14-9-8-13(10-15(14)17)12-6-4-3-5-7-12/h3-7,13-14H,2,8-11H2,1H3. The first-order valence-electron chi connectivity index (χ1n) is 6.94. The van der Waals surface area contributed by atoms with Crippen LogP contribution < -0.4 is 0 Å². The average molecular weight is 260 g/mol. The van der Waals surface area contributed by atoms with Crippen LogP contribution in [0.4, 0.5) is 0 Å². The van der Waals surface area contributed by atoms with E-state index in [1.165, 1.54) is 5.56 Å². The molecule has 0 spiro atoms. The second-order valence-corrected chi connectivity index (χ2v) is 5.06. The normalized spacial score (nSPS) is 23.1. The van der Waals surface area contributed by atoms with E-state index in [0.717, 1.165) is 12.8 Å². The van der Waals surface area contributed by atoms with Crippen LogP contribution in [0.5, 0.6) is 0 Å². The third-order valence-corrected chi connectivity index (χ3v) is 3.76. The van der Waals surface area contributed by atoms with Gasteiger partial charge in [-0.15, -0.1) is 0 Å². The van der Waals surface area contributed by atoms with Crippen molar-refractivity contribution in [1.82, 2.24) is 0 Å². The Morgan fingerprint density at radius 1 is 1.26 bits per heavy atom. The molecule has 0 aliphatic heterocycles. The molecule has 0 bridgehead atoms. The van der Waals surface area contributed by atoms with Crippen LogP contribution in [0, 0.1) is 5.92 Å². The molecular weight excluding hydrogens is 240 g/mol. The fourth-order valence-corrected chi connectivity index (χ4v) is 2.72. The molecule has 2 rings (SSSR count). The first-order chi connectivity index (χ1) is 9.20. The van der Waals surface area contributed by atoms with E-state index in [0.29, 0.717) is 18.9 Å². The molecule has 0 N–H and O–H groups in total. The van der Waals surface area contributed by atoms with Gasteiger partial charge in [-0.05, 0) is 31.2 Å². The lowest BCUT2D eigenvalue weighted by molar-refractivity contribution is -0.146. The van der Waals surface area contributed by atoms with E-state index in [1.807, 2.05) is 18.2 Å². The van der Waals surface area contributed by atoms with Crippen molar-refractivity contribution in [3.8, 4) is 0 Å². The highest BCUT2D eigenvalue weighted by Gasteiger charge is 2.30. The van der Waals surface area contributed by atoms with E-state index >= 15 is 0 Å². The average Bonchev–Trinajstić information content (AvgIpc) is 2.42. The van der Waals surface area contributed by atoms with E-state index in [2.05, 4.69) is 12.1 Å². The van der Waals surface area contributed by atoms with Crippen molar-refractivity contribution < 1.29 is 14.3 Å². The quantitative estimate of drug-likeness (QED) is 0.781. The third-order valence-electron chi connectivity index (χ3n) is 3.76. The first-order valence-corrected chi connectivity index (χ1v) is 6.94. The summed E-state index contributed by atoms with van der Waals surface area (Å²) in [4.78, 5) is 23.5. The van der Waals surface area contributed by atoms with Crippen LogP contribution in [0.15, 0.2) is 30.3 Å². The molecule has 102 valence electrons. The smallest absolute Gasteiger partial charge is 0.306 e. The van der Waals surface area contributed by atoms with Crippen molar-refractivity contribution in [2.75, 3.05) is 6.61 Å². The van der Waals surface area contributed by atoms with Gasteiger partial charge in [-0.25, -0.2) is 0 Å². The second-order valence-electron chi connectivity index (χ2n) is 5.06. The van der Waals surface area contributed by atoms with E-state index in [1.54, 1.807) is 6.92 Å². The lowest BCUT2D eigenvalue weighted by atomic mass is 9.77. The van der Waals surface area contributed by atoms with Gasteiger partial charge in [-0.1, -0.05) is 30.3 Å². The van der Waals surface area contributed by atoms with Gasteiger partial charge in [0.2, 0.25) is 0 Å². The highest BCUT2D eigenvalue weighted by Crippen LogP contribution is 2.34. The highest BCUT2D eigenvalue weighted by molar-refractivity contribution is 5.86. The zero-order chi connectivity index (χ0) is 13.7. The van der Waals surface area contributed by atoms with Gasteiger partial charge in [-0.3, -0.25) is 9.59 Å². The van der Waals surface area contributed by atoms with Crippen LogP contribution in [0.2, 0.25) is 0 Å². The zero-order valence-electron chi connectivity index (χ0n) is 11.3. The van der Waals surface area contributed by atoms with E-state index in [9.17, 15) is 9.59 Å². The van der Waals surface area contributed by atoms with Crippen molar-refractivity contribution >= 4 is 11.8 Å². The van der Waals surface area contributed by atoms with Crippen LogP contribution in [-0.4, -0.2) is 18.4 Å². The maximum Gasteiger partial charge on any atom is 0.306 e. The monoisotopic (exact) mass is 260 g/mol. The zero-order valence-corrected chi connectivity index (χ0v) is 11.3. The summed E-state index contributed by atoms with van der Waals surface area (Å²) in [6, 6.07) is 10.1. The van der Waals surface area contributed by atoms with Crippen LogP contribution in [0.3, 0.4) is 0 Å². The SMILES string of the molecule is CCOC(=O)CC1CCC(c2ccccc2)CC1=O. The Bertz CT molecular complexity index is 439. The van der Waals surface area contributed by atoms with Gasteiger partial charge < -0.3 is 4.74 Å². The highest BCUT2D eigenvalue weighted by atomic mass is 16.5. The summed E-state index contributed by atoms with van der Waals surface area (Å²) < 4.78 is 4.91. The Morgan fingerprint density at radius 3 is 2.63 bits per heavy atom. The molecule has 19 heavy (non-hydrogen) atoms. The number of hydrogen-bond acceptors (Lipinski definition) is 3. The lowest BCUT2D eigenvalue weighted by Gasteiger charge is -2.27. The summed E-state index contributed by atoms with van der Waals surface area (Å²) in [5.41, 5.74) is 1.23. The molecular formula is C16H20O3. The first kappa shape index (κ1) is 13.8. The molecule has 1 aliphatic rings. The maximum absolute atomic E-state index is 12.1. The number of benzene rings is 1. The molecule has 0 saturated heterocycles. The minimum Gasteiger partial charge on any atom is -0.466 e. The molecule has 1 aromatic rings. The van der Waals surface area contributed by atoms with Gasteiger partial charge in [-0.2, -0.15) is 0 Å². The van der Waals surface area contributed by atoms with Crippen molar-refractivity contribution in [2.45, 2.75) is 38.5 Å². The molecule has 0 amide bonds. The van der Waals surface area contributed by atoms with Gasteiger partial charge in [0.1, 0.15) is 5.78 Å². The van der Waals surface area contributed by atoms with Crippen LogP contribution in [-0.2, 0) is 14.3 Å². The summed E-state index contributed by atoms with van der Waals surface area (Å²) >= 11 is 0. The minimum atomic E-state index is -0.251. The van der Waals surface area contributed by atoms with E-state index in [-0.39, 0.29) is 24.1 Å². The Hall–Kier alpha value is -1.64. The van der Waals surface area contributed by atoms with Crippen LogP contribution in [0.1, 0.15) is 44.1 Å². The number of Topliss-reactive ketones (excluding diaryl/α,β-unsaturated/α-hetero) is 1. The Morgan fingerprint density at radius 2 is 2.00 bits per heavy atom. The van der Waals surface area contributed by atoms with Crippen LogP contribution >= 0.6 is 0 Å². The number of carbonyl (C=O) groups is 2. The number of hydrogen-bond donors (Lipinski definition) is 0. The minimum absolute atomic E-state index is 0.140. The topological polar surface area (TPSA) is 43.4 Å². The van der Waals surface area contributed by atoms with E-state index < -0.39 is 0 Å². The predicted molar refractivity (Wildman–Crippen MR) is 72.8 cm³/mol. The molecule has 1 fully saturated rings.